The molecule has 0 atom stereocenters. The van der Waals surface area contributed by atoms with Crippen molar-refractivity contribution in [2.45, 2.75) is 58.0 Å². The molecule has 0 saturated heterocycles. The Kier molecular flexibility index (Phi) is 4.85. The summed E-state index contributed by atoms with van der Waals surface area (Å²) in [6.07, 6.45) is 7.99. The Morgan fingerprint density at radius 1 is 1.17 bits per heavy atom. The number of fused-ring (bicyclic) bond motifs is 4. The number of hydrogen-bond donors (Lipinski definition) is 1. The van der Waals surface area contributed by atoms with Gasteiger partial charge in [-0.1, -0.05) is 23.7 Å². The number of amides is 2. The Labute approximate surface area is 181 Å². The van der Waals surface area contributed by atoms with Crippen molar-refractivity contribution in [1.82, 2.24) is 14.7 Å². The summed E-state index contributed by atoms with van der Waals surface area (Å²) in [6, 6.07) is 7.26. The second-order valence-electron chi connectivity index (χ2n) is 9.24. The first-order chi connectivity index (χ1) is 14.4. The number of benzene rings is 1. The van der Waals surface area contributed by atoms with Crippen molar-refractivity contribution in [2.75, 3.05) is 6.54 Å². The van der Waals surface area contributed by atoms with Crippen LogP contribution >= 0.6 is 11.6 Å². The van der Waals surface area contributed by atoms with Crippen LogP contribution in [0.25, 0.3) is 11.3 Å². The van der Waals surface area contributed by atoms with Crippen LogP contribution in [-0.4, -0.2) is 33.0 Å². The monoisotopic (exact) mass is 426 g/mol. The van der Waals surface area contributed by atoms with E-state index < -0.39 is 5.91 Å². The SMILES string of the molecule is NC(=O)c1c(-c2cccc(Cl)c2)nn2c1CN(C(=O)CC13CCC(CC1)CC3)CC2. The number of carbonyl (C=O) groups is 2. The molecule has 2 N–H and O–H groups in total. The maximum atomic E-state index is 13.2. The van der Waals surface area contributed by atoms with Gasteiger partial charge >= 0.3 is 0 Å². The van der Waals surface area contributed by atoms with Gasteiger partial charge in [-0.05, 0) is 62.0 Å². The molecule has 0 spiro atoms. The lowest BCUT2D eigenvalue weighted by Crippen LogP contribution is -2.43. The number of nitrogens with zero attached hydrogens (tertiary/aromatic N) is 3. The normalized spacial score (nSPS) is 25.2. The third kappa shape index (κ3) is 3.41. The zero-order valence-electron chi connectivity index (χ0n) is 17.1. The fourth-order valence-corrected chi connectivity index (χ4v) is 5.85. The largest absolute Gasteiger partial charge is 0.365 e. The molecule has 3 saturated carbocycles. The molecule has 3 fully saturated rings. The van der Waals surface area contributed by atoms with Crippen molar-refractivity contribution < 1.29 is 9.59 Å². The van der Waals surface area contributed by atoms with Gasteiger partial charge in [0.1, 0.15) is 5.69 Å². The Balaban J connectivity index is 1.41. The second-order valence-corrected chi connectivity index (χ2v) is 9.68. The van der Waals surface area contributed by atoms with Gasteiger partial charge in [-0.15, -0.1) is 0 Å². The van der Waals surface area contributed by atoms with Gasteiger partial charge in [0.2, 0.25) is 5.91 Å². The average molecular weight is 427 g/mol. The van der Waals surface area contributed by atoms with Gasteiger partial charge < -0.3 is 10.6 Å². The minimum Gasteiger partial charge on any atom is -0.365 e. The van der Waals surface area contributed by atoms with Crippen molar-refractivity contribution in [3.63, 3.8) is 0 Å². The van der Waals surface area contributed by atoms with Crippen molar-refractivity contribution in [2.24, 2.45) is 17.1 Å². The Morgan fingerprint density at radius 3 is 2.57 bits per heavy atom. The van der Waals surface area contributed by atoms with Gasteiger partial charge in [0.05, 0.1) is 24.3 Å². The van der Waals surface area contributed by atoms with Gasteiger partial charge in [0.15, 0.2) is 0 Å². The molecule has 158 valence electrons. The molecule has 2 heterocycles. The topological polar surface area (TPSA) is 81.2 Å². The highest BCUT2D eigenvalue weighted by molar-refractivity contribution is 6.30. The molecule has 0 unspecified atom stereocenters. The fourth-order valence-electron chi connectivity index (χ4n) is 5.66. The molecule has 4 aliphatic rings. The van der Waals surface area contributed by atoms with Crippen LogP contribution < -0.4 is 5.73 Å². The molecule has 30 heavy (non-hydrogen) atoms. The van der Waals surface area contributed by atoms with Crippen molar-refractivity contribution in [1.29, 1.82) is 0 Å². The van der Waals surface area contributed by atoms with Crippen LogP contribution in [0.2, 0.25) is 5.02 Å². The van der Waals surface area contributed by atoms with Gasteiger partial charge in [-0.25, -0.2) is 0 Å². The van der Waals surface area contributed by atoms with E-state index in [1.165, 1.54) is 38.5 Å². The molecule has 2 aromatic rings. The average Bonchev–Trinajstić information content (AvgIpc) is 3.14. The summed E-state index contributed by atoms with van der Waals surface area (Å²) in [5.74, 6) is 0.557. The molecular weight excluding hydrogens is 400 g/mol. The molecule has 7 heteroatoms. The van der Waals surface area contributed by atoms with Crippen LogP contribution in [0.1, 0.15) is 61.0 Å². The molecule has 6 rings (SSSR count). The van der Waals surface area contributed by atoms with Crippen LogP contribution in [0.3, 0.4) is 0 Å². The van der Waals surface area contributed by atoms with E-state index in [2.05, 4.69) is 5.10 Å². The highest BCUT2D eigenvalue weighted by Gasteiger charge is 2.42. The summed E-state index contributed by atoms with van der Waals surface area (Å²) in [7, 11) is 0. The predicted octanol–water partition coefficient (Wildman–Crippen LogP) is 4.01. The maximum Gasteiger partial charge on any atom is 0.252 e. The van der Waals surface area contributed by atoms with E-state index in [9.17, 15) is 9.59 Å². The number of primary amides is 1. The Bertz CT molecular complexity index is 993. The molecule has 0 radical (unpaired) electrons. The lowest BCUT2D eigenvalue weighted by molar-refractivity contribution is -0.137. The lowest BCUT2D eigenvalue weighted by Gasteiger charge is -2.47. The summed E-state index contributed by atoms with van der Waals surface area (Å²) in [4.78, 5) is 27.5. The van der Waals surface area contributed by atoms with Crippen molar-refractivity contribution in [3.05, 3.63) is 40.5 Å². The Morgan fingerprint density at radius 2 is 1.90 bits per heavy atom. The third-order valence-corrected chi connectivity index (χ3v) is 7.69. The van der Waals surface area contributed by atoms with Crippen LogP contribution in [0.5, 0.6) is 0 Å². The summed E-state index contributed by atoms with van der Waals surface area (Å²) in [6.45, 7) is 1.56. The standard InChI is InChI=1S/C23H27ClN4O2/c24-17-3-1-2-16(12-17)21-20(22(25)30)18-14-27(10-11-28(18)26-21)19(29)13-23-7-4-15(5-8-23)6-9-23/h1-3,12,15H,4-11,13-14H2,(H2,25,30). The van der Waals surface area contributed by atoms with E-state index in [-0.39, 0.29) is 11.3 Å². The predicted molar refractivity (Wildman–Crippen MR) is 115 cm³/mol. The van der Waals surface area contributed by atoms with E-state index in [0.717, 1.165) is 17.2 Å². The number of aromatic nitrogens is 2. The van der Waals surface area contributed by atoms with Crippen LogP contribution in [0.15, 0.2) is 24.3 Å². The molecule has 3 aliphatic carbocycles. The van der Waals surface area contributed by atoms with E-state index in [1.807, 2.05) is 21.7 Å². The van der Waals surface area contributed by atoms with E-state index >= 15 is 0 Å². The van der Waals surface area contributed by atoms with Gasteiger partial charge in [0, 0.05) is 23.6 Å². The molecule has 6 nitrogen and oxygen atoms in total. The van der Waals surface area contributed by atoms with Crippen LogP contribution in [0.4, 0.5) is 0 Å². The highest BCUT2D eigenvalue weighted by atomic mass is 35.5. The quantitative estimate of drug-likeness (QED) is 0.802. The first-order valence-corrected chi connectivity index (χ1v) is 11.3. The van der Waals surface area contributed by atoms with E-state index in [1.54, 1.807) is 12.1 Å². The van der Waals surface area contributed by atoms with Crippen LogP contribution in [0, 0.1) is 11.3 Å². The molecule has 1 aromatic carbocycles. The molecule has 2 amide bonds. The summed E-state index contributed by atoms with van der Waals surface area (Å²) in [5, 5.41) is 5.22. The summed E-state index contributed by atoms with van der Waals surface area (Å²) in [5.41, 5.74) is 8.36. The fraction of sp³-hybridized carbons (Fsp3) is 0.522. The summed E-state index contributed by atoms with van der Waals surface area (Å²) < 4.78 is 1.82. The number of hydrogen-bond acceptors (Lipinski definition) is 3. The lowest BCUT2D eigenvalue weighted by atomic mass is 9.59. The number of carbonyl (C=O) groups excluding carboxylic acids is 2. The molecule has 2 bridgehead atoms. The smallest absolute Gasteiger partial charge is 0.252 e. The highest BCUT2D eigenvalue weighted by Crippen LogP contribution is 2.52. The molecule has 1 aliphatic heterocycles. The second kappa shape index (κ2) is 7.41. The maximum absolute atomic E-state index is 13.2. The van der Waals surface area contributed by atoms with E-state index in [4.69, 9.17) is 17.3 Å². The number of halogens is 1. The zero-order valence-corrected chi connectivity index (χ0v) is 17.8. The van der Waals surface area contributed by atoms with Gasteiger partial charge in [0.25, 0.3) is 5.91 Å². The first-order valence-electron chi connectivity index (χ1n) is 10.9. The molecule has 1 aromatic heterocycles. The number of rotatable bonds is 4. The van der Waals surface area contributed by atoms with Crippen molar-refractivity contribution >= 4 is 23.4 Å². The van der Waals surface area contributed by atoms with Crippen molar-refractivity contribution in [3.8, 4) is 11.3 Å². The van der Waals surface area contributed by atoms with Crippen LogP contribution in [-0.2, 0) is 17.9 Å². The summed E-state index contributed by atoms with van der Waals surface area (Å²) >= 11 is 6.14. The zero-order chi connectivity index (χ0) is 20.9. The minimum atomic E-state index is -0.523. The number of nitrogens with two attached hydrogens (primary N) is 1. The van der Waals surface area contributed by atoms with Gasteiger partial charge in [-0.3, -0.25) is 14.3 Å². The first kappa shape index (κ1) is 19.6. The van der Waals surface area contributed by atoms with Gasteiger partial charge in [-0.2, -0.15) is 5.10 Å². The van der Waals surface area contributed by atoms with E-state index in [0.29, 0.717) is 42.3 Å². The molecular formula is C23H27ClN4O2. The third-order valence-electron chi connectivity index (χ3n) is 7.45. The Hall–Kier alpha value is -2.34. The minimum absolute atomic E-state index is 0.196.